The van der Waals surface area contributed by atoms with Gasteiger partial charge in [0.15, 0.2) is 11.5 Å². The molecule has 1 amide bonds. The summed E-state index contributed by atoms with van der Waals surface area (Å²) >= 11 is 12.3. The average molecular weight is 481 g/mol. The highest BCUT2D eigenvalue weighted by Crippen LogP contribution is 2.32. The van der Waals surface area contributed by atoms with Crippen molar-refractivity contribution in [2.24, 2.45) is 0 Å². The zero-order chi connectivity index (χ0) is 23.2. The van der Waals surface area contributed by atoms with E-state index in [0.29, 0.717) is 38.4 Å². The summed E-state index contributed by atoms with van der Waals surface area (Å²) in [5.41, 5.74) is 2.22. The number of benzene rings is 3. The molecule has 0 atom stereocenters. The van der Waals surface area contributed by atoms with Gasteiger partial charge in [-0.25, -0.2) is 0 Å². The number of ether oxygens (including phenoxy) is 3. The molecule has 1 aliphatic rings. The number of hydrogen-bond donors (Lipinski definition) is 1. The standard InChI is InChI=1S/C25H18Cl2N2O4/c26-21-2-1-3-22(27)20(21)14-31-19-7-4-16(5-8-19)10-18(12-28)25(30)29-13-17-6-9-23-24(11-17)33-15-32-23/h1-11H,13-15H2,(H,29,30). The molecule has 0 saturated carbocycles. The van der Waals surface area contributed by atoms with Crippen LogP contribution in [0.3, 0.4) is 0 Å². The van der Waals surface area contributed by atoms with Crippen LogP contribution in [0.5, 0.6) is 17.2 Å². The van der Waals surface area contributed by atoms with Crippen molar-refractivity contribution >= 4 is 35.2 Å². The van der Waals surface area contributed by atoms with E-state index >= 15 is 0 Å². The first-order chi connectivity index (χ1) is 16.0. The molecule has 0 saturated heterocycles. The summed E-state index contributed by atoms with van der Waals surface area (Å²) in [6, 6.07) is 19.6. The number of halogens is 2. The first-order valence-corrected chi connectivity index (χ1v) is 10.7. The summed E-state index contributed by atoms with van der Waals surface area (Å²) in [5, 5.41) is 13.2. The lowest BCUT2D eigenvalue weighted by Crippen LogP contribution is -2.23. The molecule has 3 aromatic rings. The van der Waals surface area contributed by atoms with Crippen molar-refractivity contribution in [2.45, 2.75) is 13.2 Å². The predicted octanol–water partition coefficient (Wildman–Crippen LogP) is 5.52. The van der Waals surface area contributed by atoms with Gasteiger partial charge in [-0.2, -0.15) is 5.26 Å². The fraction of sp³-hybridized carbons (Fsp3) is 0.120. The summed E-state index contributed by atoms with van der Waals surface area (Å²) < 4.78 is 16.4. The number of nitriles is 1. The van der Waals surface area contributed by atoms with Crippen LogP contribution in [0.1, 0.15) is 16.7 Å². The van der Waals surface area contributed by atoms with Gasteiger partial charge in [0.25, 0.3) is 5.91 Å². The largest absolute Gasteiger partial charge is 0.489 e. The lowest BCUT2D eigenvalue weighted by Gasteiger charge is -2.09. The van der Waals surface area contributed by atoms with Gasteiger partial charge < -0.3 is 19.5 Å². The van der Waals surface area contributed by atoms with Crippen LogP contribution in [0.15, 0.2) is 66.2 Å². The molecule has 0 spiro atoms. The first kappa shape index (κ1) is 22.5. The average Bonchev–Trinajstić information content (AvgIpc) is 3.29. The van der Waals surface area contributed by atoms with Crippen molar-refractivity contribution in [2.75, 3.05) is 6.79 Å². The van der Waals surface area contributed by atoms with Crippen LogP contribution in [0, 0.1) is 11.3 Å². The van der Waals surface area contributed by atoms with Crippen LogP contribution in [-0.4, -0.2) is 12.7 Å². The molecule has 1 N–H and O–H groups in total. The Balaban J connectivity index is 1.36. The number of nitrogens with one attached hydrogen (secondary N) is 1. The van der Waals surface area contributed by atoms with Crippen molar-refractivity contribution in [1.82, 2.24) is 5.32 Å². The number of carbonyl (C=O) groups excluding carboxylic acids is 1. The van der Waals surface area contributed by atoms with Crippen LogP contribution in [0.25, 0.3) is 6.08 Å². The minimum absolute atomic E-state index is 0.00717. The molecule has 0 unspecified atom stereocenters. The maximum absolute atomic E-state index is 12.5. The van der Waals surface area contributed by atoms with Crippen molar-refractivity contribution in [1.29, 1.82) is 5.26 Å². The smallest absolute Gasteiger partial charge is 0.262 e. The first-order valence-electron chi connectivity index (χ1n) is 9.98. The number of fused-ring (bicyclic) bond motifs is 1. The SMILES string of the molecule is N#CC(=Cc1ccc(OCc2c(Cl)cccc2Cl)cc1)C(=O)NCc1ccc2c(c1)OCO2. The van der Waals surface area contributed by atoms with Crippen molar-refractivity contribution in [3.05, 3.63) is 93.0 Å². The van der Waals surface area contributed by atoms with Crippen LogP contribution < -0.4 is 19.5 Å². The highest BCUT2D eigenvalue weighted by atomic mass is 35.5. The highest BCUT2D eigenvalue weighted by molar-refractivity contribution is 6.35. The Hall–Kier alpha value is -3.66. The lowest BCUT2D eigenvalue weighted by molar-refractivity contribution is -0.117. The third-order valence-electron chi connectivity index (χ3n) is 4.89. The quantitative estimate of drug-likeness (QED) is 0.355. The van der Waals surface area contributed by atoms with Gasteiger partial charge >= 0.3 is 0 Å². The fourth-order valence-corrected chi connectivity index (χ4v) is 3.64. The Morgan fingerprint density at radius 2 is 1.79 bits per heavy atom. The molecule has 166 valence electrons. The second kappa shape index (κ2) is 10.3. The zero-order valence-electron chi connectivity index (χ0n) is 17.3. The molecule has 0 radical (unpaired) electrons. The molecular weight excluding hydrogens is 463 g/mol. The van der Waals surface area contributed by atoms with E-state index in [-0.39, 0.29) is 25.5 Å². The normalized spacial score (nSPS) is 12.2. The summed E-state index contributed by atoms with van der Waals surface area (Å²) in [6.45, 7) is 0.662. The molecule has 0 bridgehead atoms. The molecule has 33 heavy (non-hydrogen) atoms. The van der Waals surface area contributed by atoms with Gasteiger partial charge in [-0.05, 0) is 53.6 Å². The van der Waals surface area contributed by atoms with Gasteiger partial charge in [0.05, 0.1) is 0 Å². The van der Waals surface area contributed by atoms with E-state index in [1.165, 1.54) is 6.08 Å². The highest BCUT2D eigenvalue weighted by Gasteiger charge is 2.14. The monoisotopic (exact) mass is 480 g/mol. The minimum atomic E-state index is -0.469. The van der Waals surface area contributed by atoms with Crippen molar-refractivity contribution in [3.63, 3.8) is 0 Å². The molecular formula is C25H18Cl2N2O4. The summed E-state index contributed by atoms with van der Waals surface area (Å²) in [4.78, 5) is 12.5. The summed E-state index contributed by atoms with van der Waals surface area (Å²) in [5.74, 6) is 1.44. The number of nitrogens with zero attached hydrogens (tertiary/aromatic N) is 1. The molecule has 8 heteroatoms. The van der Waals surface area contributed by atoms with Crippen molar-refractivity contribution in [3.8, 4) is 23.3 Å². The van der Waals surface area contributed by atoms with Gasteiger partial charge in [0.2, 0.25) is 6.79 Å². The Labute approximate surface area is 200 Å². The molecule has 4 rings (SSSR count). The van der Waals surface area contributed by atoms with E-state index < -0.39 is 5.91 Å². The number of hydrogen-bond acceptors (Lipinski definition) is 5. The van der Waals surface area contributed by atoms with Crippen molar-refractivity contribution < 1.29 is 19.0 Å². The van der Waals surface area contributed by atoms with Gasteiger partial charge in [0.1, 0.15) is 24.0 Å². The Morgan fingerprint density at radius 1 is 1.06 bits per heavy atom. The van der Waals surface area contributed by atoms with Gasteiger partial charge in [-0.1, -0.05) is 47.5 Å². The summed E-state index contributed by atoms with van der Waals surface area (Å²) in [6.07, 6.45) is 1.52. The number of rotatable bonds is 7. The summed E-state index contributed by atoms with van der Waals surface area (Å²) in [7, 11) is 0. The molecule has 1 heterocycles. The predicted molar refractivity (Wildman–Crippen MR) is 125 cm³/mol. The molecule has 0 aromatic heterocycles. The number of amides is 1. The second-order valence-electron chi connectivity index (χ2n) is 7.10. The molecule has 0 fully saturated rings. The third kappa shape index (κ3) is 5.58. The van der Waals surface area contributed by atoms with E-state index in [1.807, 2.05) is 12.1 Å². The second-order valence-corrected chi connectivity index (χ2v) is 7.91. The van der Waals surface area contributed by atoms with E-state index in [1.54, 1.807) is 54.6 Å². The van der Waals surface area contributed by atoms with Gasteiger partial charge in [0, 0.05) is 22.2 Å². The van der Waals surface area contributed by atoms with Crippen LogP contribution in [-0.2, 0) is 17.9 Å². The maximum Gasteiger partial charge on any atom is 0.262 e. The minimum Gasteiger partial charge on any atom is -0.489 e. The van der Waals surface area contributed by atoms with E-state index in [9.17, 15) is 10.1 Å². The Kier molecular flexibility index (Phi) is 7.04. The fourth-order valence-electron chi connectivity index (χ4n) is 3.13. The van der Waals surface area contributed by atoms with E-state index in [4.69, 9.17) is 37.4 Å². The Morgan fingerprint density at radius 3 is 2.52 bits per heavy atom. The zero-order valence-corrected chi connectivity index (χ0v) is 18.8. The Bertz CT molecular complexity index is 1230. The maximum atomic E-state index is 12.5. The topological polar surface area (TPSA) is 80.6 Å². The van der Waals surface area contributed by atoms with E-state index in [2.05, 4.69) is 5.32 Å². The van der Waals surface area contributed by atoms with E-state index in [0.717, 1.165) is 5.56 Å². The lowest BCUT2D eigenvalue weighted by atomic mass is 10.1. The molecule has 6 nitrogen and oxygen atoms in total. The third-order valence-corrected chi connectivity index (χ3v) is 5.60. The van der Waals surface area contributed by atoms with Gasteiger partial charge in [-0.3, -0.25) is 4.79 Å². The number of carbonyl (C=O) groups is 1. The molecule has 3 aromatic carbocycles. The van der Waals surface area contributed by atoms with Crippen LogP contribution >= 0.6 is 23.2 Å². The van der Waals surface area contributed by atoms with Crippen LogP contribution in [0.2, 0.25) is 10.0 Å². The molecule has 1 aliphatic heterocycles. The van der Waals surface area contributed by atoms with Crippen LogP contribution in [0.4, 0.5) is 0 Å². The molecule has 0 aliphatic carbocycles. The van der Waals surface area contributed by atoms with Gasteiger partial charge in [-0.15, -0.1) is 0 Å².